The maximum absolute atomic E-state index is 6.06. The fourth-order valence-electron chi connectivity index (χ4n) is 1.91. The van der Waals surface area contributed by atoms with Crippen LogP contribution in [0.25, 0.3) is 0 Å². The molecule has 1 heterocycles. The van der Waals surface area contributed by atoms with Crippen LogP contribution in [-0.4, -0.2) is 11.4 Å². The van der Waals surface area contributed by atoms with E-state index in [4.69, 9.17) is 11.6 Å². The lowest BCUT2D eigenvalue weighted by Crippen LogP contribution is -2.32. The first-order valence-electron chi connectivity index (χ1n) is 5.23. The van der Waals surface area contributed by atoms with Crippen molar-refractivity contribution < 1.29 is 0 Å². The van der Waals surface area contributed by atoms with Gasteiger partial charge < -0.3 is 5.32 Å². The van der Waals surface area contributed by atoms with Crippen LogP contribution in [-0.2, 0) is 6.54 Å². The Labute approximate surface area is 94.5 Å². The maximum atomic E-state index is 6.06. The summed E-state index contributed by atoms with van der Waals surface area (Å²) in [6.45, 7) is 1.01. The van der Waals surface area contributed by atoms with Crippen LogP contribution < -0.4 is 5.32 Å². The molecule has 0 saturated heterocycles. The van der Waals surface area contributed by atoms with Gasteiger partial charge in [0.25, 0.3) is 0 Å². The van der Waals surface area contributed by atoms with Crippen LogP contribution in [0.1, 0.15) is 31.2 Å². The molecule has 0 aliphatic heterocycles. The molecule has 3 heteroatoms. The van der Waals surface area contributed by atoms with Gasteiger partial charge in [0, 0.05) is 18.0 Å². The molecular formula is C11H16ClNS. The monoisotopic (exact) mass is 229 g/mol. The highest BCUT2D eigenvalue weighted by Crippen LogP contribution is 2.23. The molecule has 0 bridgehead atoms. The Morgan fingerprint density at radius 3 is 2.79 bits per heavy atom. The van der Waals surface area contributed by atoms with E-state index in [2.05, 4.69) is 22.1 Å². The molecule has 0 aromatic carbocycles. The molecule has 1 N–H and O–H groups in total. The smallest absolute Gasteiger partial charge is 0.0337 e. The summed E-state index contributed by atoms with van der Waals surface area (Å²) in [6.07, 6.45) is 4.81. The third-order valence-corrected chi connectivity index (χ3v) is 4.00. The fourth-order valence-corrected chi connectivity index (χ4v) is 2.83. The van der Waals surface area contributed by atoms with Gasteiger partial charge in [-0.1, -0.05) is 0 Å². The van der Waals surface area contributed by atoms with Gasteiger partial charge in [-0.15, -0.1) is 11.6 Å². The van der Waals surface area contributed by atoms with Gasteiger partial charge in [-0.05, 0) is 48.1 Å². The Morgan fingerprint density at radius 2 is 2.14 bits per heavy atom. The Hall–Kier alpha value is -0.0500. The summed E-state index contributed by atoms with van der Waals surface area (Å²) in [5.41, 5.74) is 1.41. The first-order chi connectivity index (χ1) is 6.84. The predicted octanol–water partition coefficient (Wildman–Crippen LogP) is 3.39. The van der Waals surface area contributed by atoms with E-state index in [-0.39, 0.29) is 0 Å². The van der Waals surface area contributed by atoms with Crippen molar-refractivity contribution in [2.24, 2.45) is 0 Å². The fraction of sp³-hybridized carbons (Fsp3) is 0.636. The molecule has 1 nitrogen and oxygen atoms in total. The van der Waals surface area contributed by atoms with Crippen LogP contribution in [0.15, 0.2) is 16.8 Å². The summed E-state index contributed by atoms with van der Waals surface area (Å²) in [5, 5.41) is 8.36. The number of halogens is 1. The quantitative estimate of drug-likeness (QED) is 0.784. The molecule has 1 aromatic heterocycles. The highest BCUT2D eigenvalue weighted by molar-refractivity contribution is 7.07. The van der Waals surface area contributed by atoms with Crippen molar-refractivity contribution in [1.82, 2.24) is 5.32 Å². The minimum atomic E-state index is 0.425. The molecule has 1 aliphatic rings. The topological polar surface area (TPSA) is 12.0 Å². The van der Waals surface area contributed by atoms with E-state index in [0.29, 0.717) is 11.4 Å². The molecule has 0 radical (unpaired) electrons. The van der Waals surface area contributed by atoms with Crippen LogP contribution in [0.4, 0.5) is 0 Å². The second kappa shape index (κ2) is 5.15. The Kier molecular flexibility index (Phi) is 3.85. The molecule has 1 saturated carbocycles. The van der Waals surface area contributed by atoms with Crippen molar-refractivity contribution in [2.45, 2.75) is 43.6 Å². The molecular weight excluding hydrogens is 214 g/mol. The Morgan fingerprint density at radius 1 is 1.36 bits per heavy atom. The average Bonchev–Trinajstić information content (AvgIpc) is 2.70. The van der Waals surface area contributed by atoms with Crippen LogP contribution in [0.5, 0.6) is 0 Å². The van der Waals surface area contributed by atoms with Crippen LogP contribution in [0, 0.1) is 0 Å². The largest absolute Gasteiger partial charge is 0.310 e. The molecule has 1 fully saturated rings. The van der Waals surface area contributed by atoms with Gasteiger partial charge in [0.2, 0.25) is 0 Å². The standard InChI is InChI=1S/C11H16ClNS/c12-10-1-3-11(4-2-10)13-7-9-5-6-14-8-9/h5-6,8,10-11,13H,1-4,7H2. The SMILES string of the molecule is ClC1CCC(NCc2ccsc2)CC1. The lowest BCUT2D eigenvalue weighted by molar-refractivity contribution is 0.376. The molecule has 0 atom stereocenters. The first kappa shape index (κ1) is 10.5. The van der Waals surface area contributed by atoms with E-state index in [0.717, 1.165) is 6.54 Å². The van der Waals surface area contributed by atoms with Crippen LogP contribution >= 0.6 is 22.9 Å². The van der Waals surface area contributed by atoms with Crippen molar-refractivity contribution in [1.29, 1.82) is 0 Å². The maximum Gasteiger partial charge on any atom is 0.0337 e. The first-order valence-corrected chi connectivity index (χ1v) is 6.61. The van der Waals surface area contributed by atoms with E-state index in [1.54, 1.807) is 11.3 Å². The summed E-state index contributed by atoms with van der Waals surface area (Å²) < 4.78 is 0. The van der Waals surface area contributed by atoms with Crippen LogP contribution in [0.2, 0.25) is 0 Å². The second-order valence-electron chi connectivity index (χ2n) is 3.96. The normalized spacial score (nSPS) is 27.8. The molecule has 78 valence electrons. The Balaban J connectivity index is 1.71. The molecule has 0 amide bonds. The number of nitrogens with one attached hydrogen (secondary N) is 1. The van der Waals surface area contributed by atoms with Gasteiger partial charge in [-0.2, -0.15) is 11.3 Å². The number of hydrogen-bond donors (Lipinski definition) is 1. The predicted molar refractivity (Wildman–Crippen MR) is 63.1 cm³/mol. The van der Waals surface area contributed by atoms with E-state index < -0.39 is 0 Å². The highest BCUT2D eigenvalue weighted by Gasteiger charge is 2.18. The summed E-state index contributed by atoms with van der Waals surface area (Å²) in [7, 11) is 0. The zero-order valence-corrected chi connectivity index (χ0v) is 9.78. The zero-order chi connectivity index (χ0) is 9.80. The van der Waals surface area contributed by atoms with E-state index in [9.17, 15) is 0 Å². The van der Waals surface area contributed by atoms with Crippen molar-refractivity contribution >= 4 is 22.9 Å². The molecule has 1 aliphatic carbocycles. The van der Waals surface area contributed by atoms with E-state index in [1.807, 2.05) is 0 Å². The summed E-state index contributed by atoms with van der Waals surface area (Å²) in [5.74, 6) is 0. The third kappa shape index (κ3) is 2.97. The summed E-state index contributed by atoms with van der Waals surface area (Å²) in [4.78, 5) is 0. The van der Waals surface area contributed by atoms with Gasteiger partial charge in [0.05, 0.1) is 0 Å². The van der Waals surface area contributed by atoms with E-state index >= 15 is 0 Å². The molecule has 14 heavy (non-hydrogen) atoms. The number of hydrogen-bond acceptors (Lipinski definition) is 2. The van der Waals surface area contributed by atoms with Gasteiger partial charge in [-0.3, -0.25) is 0 Å². The van der Waals surface area contributed by atoms with Crippen molar-refractivity contribution in [3.05, 3.63) is 22.4 Å². The number of alkyl halides is 1. The Bertz CT molecular complexity index is 252. The number of rotatable bonds is 3. The number of thiophene rings is 1. The lowest BCUT2D eigenvalue weighted by Gasteiger charge is -2.25. The molecule has 1 aromatic rings. The van der Waals surface area contributed by atoms with Crippen molar-refractivity contribution in [2.75, 3.05) is 0 Å². The molecule has 2 rings (SSSR count). The van der Waals surface area contributed by atoms with Gasteiger partial charge in [0.1, 0.15) is 0 Å². The average molecular weight is 230 g/mol. The van der Waals surface area contributed by atoms with Gasteiger partial charge >= 0.3 is 0 Å². The summed E-state index contributed by atoms with van der Waals surface area (Å²) in [6, 6.07) is 2.87. The molecule has 0 unspecified atom stereocenters. The third-order valence-electron chi connectivity index (χ3n) is 2.83. The van der Waals surface area contributed by atoms with Gasteiger partial charge in [0.15, 0.2) is 0 Å². The zero-order valence-electron chi connectivity index (χ0n) is 8.21. The van der Waals surface area contributed by atoms with Crippen molar-refractivity contribution in [3.63, 3.8) is 0 Å². The lowest BCUT2D eigenvalue weighted by atomic mass is 9.95. The molecule has 0 spiro atoms. The van der Waals surface area contributed by atoms with E-state index in [1.165, 1.54) is 31.2 Å². The highest BCUT2D eigenvalue weighted by atomic mass is 35.5. The van der Waals surface area contributed by atoms with Crippen molar-refractivity contribution in [3.8, 4) is 0 Å². The summed E-state index contributed by atoms with van der Waals surface area (Å²) >= 11 is 7.82. The minimum Gasteiger partial charge on any atom is -0.310 e. The second-order valence-corrected chi connectivity index (χ2v) is 5.36. The minimum absolute atomic E-state index is 0.425. The van der Waals surface area contributed by atoms with Crippen LogP contribution in [0.3, 0.4) is 0 Å². The van der Waals surface area contributed by atoms with Gasteiger partial charge in [-0.25, -0.2) is 0 Å².